The van der Waals surface area contributed by atoms with E-state index < -0.39 is 23.5 Å². The molecule has 0 saturated carbocycles. The van der Waals surface area contributed by atoms with Crippen LogP contribution in [0.4, 0.5) is 26.3 Å². The standard InChI is InChI=1S/C4HClF6/c5-4(10,11)3(8,9)2(7)1-6/h1H. The molecule has 0 N–H and O–H groups in total. The van der Waals surface area contributed by atoms with E-state index in [9.17, 15) is 26.3 Å². The van der Waals surface area contributed by atoms with Crippen LogP contribution in [0.5, 0.6) is 0 Å². The Morgan fingerprint density at radius 3 is 1.64 bits per heavy atom. The van der Waals surface area contributed by atoms with Crippen LogP contribution in [0.25, 0.3) is 0 Å². The second-order valence-electron chi connectivity index (χ2n) is 1.53. The van der Waals surface area contributed by atoms with Crippen LogP contribution < -0.4 is 0 Å². The summed E-state index contributed by atoms with van der Waals surface area (Å²) in [5.41, 5.74) is 0. The van der Waals surface area contributed by atoms with Gasteiger partial charge in [0.25, 0.3) is 0 Å². The minimum absolute atomic E-state index is 1.27. The van der Waals surface area contributed by atoms with E-state index in [1.54, 1.807) is 0 Å². The van der Waals surface area contributed by atoms with Crippen LogP contribution in [0.3, 0.4) is 0 Å². The molecular formula is C4HClF6. The first kappa shape index (κ1) is 10.6. The lowest BCUT2D eigenvalue weighted by Crippen LogP contribution is -2.35. The Morgan fingerprint density at radius 1 is 1.18 bits per heavy atom. The Labute approximate surface area is 62.4 Å². The summed E-state index contributed by atoms with van der Waals surface area (Å²) in [5.74, 6) is -8.21. The summed E-state index contributed by atoms with van der Waals surface area (Å²) in [4.78, 5) is 0. The van der Waals surface area contributed by atoms with Crippen molar-refractivity contribution in [1.29, 1.82) is 0 Å². The molecule has 0 aliphatic rings. The molecule has 0 radical (unpaired) electrons. The number of rotatable bonds is 2. The first-order valence-corrected chi connectivity index (χ1v) is 2.52. The molecule has 0 atom stereocenters. The second kappa shape index (κ2) is 2.92. The number of hydrogen-bond acceptors (Lipinski definition) is 0. The molecular weight excluding hydrogens is 197 g/mol. The van der Waals surface area contributed by atoms with Gasteiger partial charge in [-0.1, -0.05) is 0 Å². The van der Waals surface area contributed by atoms with Gasteiger partial charge in [0.2, 0.25) is 5.83 Å². The molecule has 0 heterocycles. The number of hydrogen-bond donors (Lipinski definition) is 0. The third kappa shape index (κ3) is 2.02. The molecule has 0 spiro atoms. The molecule has 0 aliphatic carbocycles. The molecule has 0 aromatic heterocycles. The van der Waals surface area contributed by atoms with Gasteiger partial charge < -0.3 is 0 Å². The average molecular weight is 198 g/mol. The van der Waals surface area contributed by atoms with E-state index in [-0.39, 0.29) is 0 Å². The summed E-state index contributed by atoms with van der Waals surface area (Å²) < 4.78 is 69.1. The van der Waals surface area contributed by atoms with Gasteiger partial charge >= 0.3 is 11.3 Å². The van der Waals surface area contributed by atoms with Crippen molar-refractivity contribution in [2.75, 3.05) is 0 Å². The van der Waals surface area contributed by atoms with Crippen LogP contribution in [0, 0.1) is 0 Å². The maximum atomic E-state index is 11.8. The topological polar surface area (TPSA) is 0 Å². The van der Waals surface area contributed by atoms with E-state index in [2.05, 4.69) is 11.6 Å². The van der Waals surface area contributed by atoms with Crippen molar-refractivity contribution in [1.82, 2.24) is 0 Å². The molecule has 0 amide bonds. The number of halogens is 7. The van der Waals surface area contributed by atoms with Gasteiger partial charge in [-0.05, 0) is 11.6 Å². The van der Waals surface area contributed by atoms with Crippen LogP contribution in [0.1, 0.15) is 0 Å². The summed E-state index contributed by atoms with van der Waals surface area (Å²) in [7, 11) is 0. The zero-order valence-electron chi connectivity index (χ0n) is 4.72. The maximum Gasteiger partial charge on any atom is 0.391 e. The first-order valence-electron chi connectivity index (χ1n) is 2.14. The molecule has 0 aliphatic heterocycles. The zero-order valence-corrected chi connectivity index (χ0v) is 5.48. The third-order valence-electron chi connectivity index (χ3n) is 0.752. The zero-order chi connectivity index (χ0) is 9.28. The third-order valence-corrected chi connectivity index (χ3v) is 0.989. The molecule has 0 rings (SSSR count). The monoisotopic (exact) mass is 198 g/mol. The highest BCUT2D eigenvalue weighted by Crippen LogP contribution is 2.43. The Balaban J connectivity index is 4.74. The smallest absolute Gasteiger partial charge is 0.212 e. The second-order valence-corrected chi connectivity index (χ2v) is 2.00. The molecule has 0 aromatic carbocycles. The molecule has 0 aromatic rings. The molecule has 0 bridgehead atoms. The Kier molecular flexibility index (Phi) is 2.82. The fourth-order valence-electron chi connectivity index (χ4n) is 0.204. The minimum Gasteiger partial charge on any atom is -0.212 e. The first-order chi connectivity index (χ1) is 4.73. The summed E-state index contributed by atoms with van der Waals surface area (Å²) in [6.07, 6.45) is -1.27. The van der Waals surface area contributed by atoms with Gasteiger partial charge in [0.15, 0.2) is 0 Å². The van der Waals surface area contributed by atoms with Gasteiger partial charge in [-0.2, -0.15) is 17.6 Å². The van der Waals surface area contributed by atoms with Gasteiger partial charge in [0.05, 0.1) is 0 Å². The van der Waals surface area contributed by atoms with Gasteiger partial charge in [0, 0.05) is 0 Å². The average Bonchev–Trinajstić information content (AvgIpc) is 1.83. The van der Waals surface area contributed by atoms with Crippen molar-refractivity contribution >= 4 is 11.6 Å². The Bertz CT molecular complexity index is 168. The number of alkyl halides is 5. The molecule has 0 fully saturated rings. The fourth-order valence-corrected chi connectivity index (χ4v) is 0.294. The van der Waals surface area contributed by atoms with Crippen molar-refractivity contribution < 1.29 is 26.3 Å². The summed E-state index contributed by atoms with van der Waals surface area (Å²) >= 11 is 3.77. The van der Waals surface area contributed by atoms with Gasteiger partial charge in [-0.15, -0.1) is 0 Å². The van der Waals surface area contributed by atoms with Crippen LogP contribution in [0.2, 0.25) is 0 Å². The van der Waals surface area contributed by atoms with Crippen molar-refractivity contribution in [2.45, 2.75) is 11.3 Å². The highest BCUT2D eigenvalue weighted by atomic mass is 35.5. The van der Waals surface area contributed by atoms with Crippen molar-refractivity contribution in [3.05, 3.63) is 12.2 Å². The van der Waals surface area contributed by atoms with E-state index in [0.717, 1.165) is 0 Å². The van der Waals surface area contributed by atoms with Crippen LogP contribution in [-0.4, -0.2) is 11.3 Å². The van der Waals surface area contributed by atoms with E-state index in [4.69, 9.17) is 0 Å². The lowest BCUT2D eigenvalue weighted by Gasteiger charge is -2.17. The Hall–Kier alpha value is -0.390. The molecule has 0 nitrogen and oxygen atoms in total. The molecule has 7 heteroatoms. The minimum atomic E-state index is -5.30. The van der Waals surface area contributed by atoms with E-state index >= 15 is 0 Å². The van der Waals surface area contributed by atoms with Gasteiger partial charge in [0.1, 0.15) is 6.33 Å². The van der Waals surface area contributed by atoms with E-state index in [1.807, 2.05) is 0 Å². The van der Waals surface area contributed by atoms with Crippen LogP contribution in [-0.2, 0) is 0 Å². The summed E-state index contributed by atoms with van der Waals surface area (Å²) in [6, 6.07) is 0. The predicted molar refractivity (Wildman–Crippen MR) is 26.0 cm³/mol. The number of allylic oxidation sites excluding steroid dienone is 1. The Morgan fingerprint density at radius 2 is 1.55 bits per heavy atom. The predicted octanol–water partition coefficient (Wildman–Crippen LogP) is 3.23. The van der Waals surface area contributed by atoms with Crippen molar-refractivity contribution in [2.24, 2.45) is 0 Å². The molecule has 0 saturated heterocycles. The lowest BCUT2D eigenvalue weighted by molar-refractivity contribution is -0.142. The van der Waals surface area contributed by atoms with Gasteiger partial charge in [-0.25, -0.2) is 8.78 Å². The van der Waals surface area contributed by atoms with Crippen molar-refractivity contribution in [3.63, 3.8) is 0 Å². The maximum absolute atomic E-state index is 11.8. The normalized spacial score (nSPS) is 15.4. The van der Waals surface area contributed by atoms with E-state index in [1.165, 1.54) is 0 Å². The molecule has 0 unspecified atom stereocenters. The van der Waals surface area contributed by atoms with Crippen molar-refractivity contribution in [3.8, 4) is 0 Å². The van der Waals surface area contributed by atoms with Crippen LogP contribution >= 0.6 is 11.6 Å². The fraction of sp³-hybridized carbons (Fsp3) is 0.500. The molecule has 66 valence electrons. The summed E-state index contributed by atoms with van der Waals surface area (Å²) in [5, 5.41) is -5.13. The highest BCUT2D eigenvalue weighted by Gasteiger charge is 2.59. The van der Waals surface area contributed by atoms with Gasteiger partial charge in [-0.3, -0.25) is 0 Å². The highest BCUT2D eigenvalue weighted by molar-refractivity contribution is 6.22. The van der Waals surface area contributed by atoms with Crippen LogP contribution in [0.15, 0.2) is 12.2 Å². The molecule has 11 heavy (non-hydrogen) atoms. The SMILES string of the molecule is FC=C(F)C(F)(F)C(F)(F)Cl. The summed E-state index contributed by atoms with van der Waals surface area (Å²) in [6.45, 7) is 0. The quantitative estimate of drug-likeness (QED) is 0.472. The largest absolute Gasteiger partial charge is 0.391 e. The lowest BCUT2D eigenvalue weighted by atomic mass is 10.3. The van der Waals surface area contributed by atoms with E-state index in [0.29, 0.717) is 0 Å².